The first-order valence-corrected chi connectivity index (χ1v) is 13.1. The molecule has 2 amide bonds. The van der Waals surface area contributed by atoms with Crippen LogP contribution in [0.4, 0.5) is 16.2 Å². The number of ether oxygens (including phenoxy) is 1. The number of benzene rings is 2. The number of hydrogen-bond donors (Lipinski definition) is 1. The van der Waals surface area contributed by atoms with Gasteiger partial charge in [-0.1, -0.05) is 36.4 Å². The van der Waals surface area contributed by atoms with E-state index in [1.165, 1.54) is 4.68 Å². The number of likely N-dealkylation sites (N-methyl/N-ethyl adjacent to an activating group) is 1. The highest BCUT2D eigenvalue weighted by molar-refractivity contribution is 6.00. The van der Waals surface area contributed by atoms with E-state index in [0.29, 0.717) is 18.3 Å². The number of carbonyl (C=O) groups excluding carboxylic acids is 2. The number of fused-ring (bicyclic) bond motifs is 1. The van der Waals surface area contributed by atoms with E-state index < -0.39 is 6.04 Å². The minimum atomic E-state index is -0.607. The zero-order valence-corrected chi connectivity index (χ0v) is 21.2. The largest absolute Gasteiger partial charge is 0.381 e. The second kappa shape index (κ2) is 9.67. The van der Waals surface area contributed by atoms with Crippen LogP contribution in [0.2, 0.25) is 0 Å². The molecule has 3 aliphatic heterocycles. The molecule has 2 aromatic carbocycles. The summed E-state index contributed by atoms with van der Waals surface area (Å²) in [6, 6.07) is 15.5. The van der Waals surface area contributed by atoms with Crippen LogP contribution in [-0.4, -0.2) is 61.1 Å². The molecule has 192 valence electrons. The van der Waals surface area contributed by atoms with Gasteiger partial charge in [-0.15, -0.1) is 0 Å². The van der Waals surface area contributed by atoms with E-state index in [-0.39, 0.29) is 11.9 Å². The standard InChI is InChI=1S/C29H33N5O3/c1-32-26-16-24(33-19-29(20-33)11-13-37-14-12-29)9-7-23(26)8-10-25(27(32)35)31-28(36)34-18-22(17-30-34)15-21-5-3-2-4-6-21/h2-7,9,16-18,25H,8,10-15,19-20H2,1H3,(H,31,36). The topological polar surface area (TPSA) is 79.7 Å². The zero-order chi connectivity index (χ0) is 25.4. The summed E-state index contributed by atoms with van der Waals surface area (Å²) in [5.74, 6) is -0.106. The van der Waals surface area contributed by atoms with E-state index in [1.54, 1.807) is 24.3 Å². The fourth-order valence-electron chi connectivity index (χ4n) is 5.86. The smallest absolute Gasteiger partial charge is 0.342 e. The summed E-state index contributed by atoms with van der Waals surface area (Å²) >= 11 is 0. The van der Waals surface area contributed by atoms with Crippen molar-refractivity contribution in [3.05, 3.63) is 77.6 Å². The monoisotopic (exact) mass is 499 g/mol. The molecule has 6 rings (SSSR count). The predicted molar refractivity (Wildman–Crippen MR) is 142 cm³/mol. The fourth-order valence-corrected chi connectivity index (χ4v) is 5.86. The minimum Gasteiger partial charge on any atom is -0.381 e. The summed E-state index contributed by atoms with van der Waals surface area (Å²) in [7, 11) is 1.80. The third-order valence-electron chi connectivity index (χ3n) is 8.13. The van der Waals surface area contributed by atoms with E-state index in [4.69, 9.17) is 4.74 Å². The van der Waals surface area contributed by atoms with Gasteiger partial charge in [0.15, 0.2) is 0 Å². The van der Waals surface area contributed by atoms with Gasteiger partial charge in [0.05, 0.1) is 6.20 Å². The van der Waals surface area contributed by atoms with Crippen LogP contribution in [0.3, 0.4) is 0 Å². The number of anilines is 2. The fraction of sp³-hybridized carbons (Fsp3) is 0.414. The number of aryl methyl sites for hydroxylation is 1. The van der Waals surface area contributed by atoms with Crippen LogP contribution in [0.5, 0.6) is 0 Å². The van der Waals surface area contributed by atoms with Gasteiger partial charge in [0, 0.05) is 62.8 Å². The highest BCUT2D eigenvalue weighted by Crippen LogP contribution is 2.43. The summed E-state index contributed by atoms with van der Waals surface area (Å²) in [4.78, 5) is 30.4. The van der Waals surface area contributed by atoms with Crippen LogP contribution in [0.25, 0.3) is 0 Å². The van der Waals surface area contributed by atoms with Crippen molar-refractivity contribution < 1.29 is 14.3 Å². The average molecular weight is 500 g/mol. The minimum absolute atomic E-state index is 0.106. The number of nitrogens with zero attached hydrogens (tertiary/aromatic N) is 4. The summed E-state index contributed by atoms with van der Waals surface area (Å²) < 4.78 is 6.84. The van der Waals surface area contributed by atoms with E-state index in [9.17, 15) is 9.59 Å². The van der Waals surface area contributed by atoms with Gasteiger partial charge < -0.3 is 19.9 Å². The molecule has 1 N–H and O–H groups in total. The lowest BCUT2D eigenvalue weighted by molar-refractivity contribution is -0.120. The van der Waals surface area contributed by atoms with Crippen molar-refractivity contribution in [1.29, 1.82) is 0 Å². The third-order valence-corrected chi connectivity index (χ3v) is 8.13. The van der Waals surface area contributed by atoms with Crippen LogP contribution in [-0.2, 0) is 22.4 Å². The number of nitrogens with one attached hydrogen (secondary N) is 1. The molecule has 1 atom stereocenters. The van der Waals surface area contributed by atoms with Gasteiger partial charge in [-0.3, -0.25) is 4.79 Å². The molecular formula is C29H33N5O3. The van der Waals surface area contributed by atoms with Gasteiger partial charge in [0.25, 0.3) is 0 Å². The first-order chi connectivity index (χ1) is 18.0. The highest BCUT2D eigenvalue weighted by atomic mass is 16.5. The number of rotatable bonds is 4. The maximum absolute atomic E-state index is 13.4. The Morgan fingerprint density at radius 1 is 1.11 bits per heavy atom. The third kappa shape index (κ3) is 4.73. The van der Waals surface area contributed by atoms with Crippen molar-refractivity contribution in [3.8, 4) is 0 Å². The number of amides is 2. The van der Waals surface area contributed by atoms with Crippen molar-refractivity contribution in [2.24, 2.45) is 5.41 Å². The van der Waals surface area contributed by atoms with Crippen LogP contribution in [0.15, 0.2) is 60.9 Å². The molecule has 3 aliphatic rings. The molecule has 1 spiro atoms. The van der Waals surface area contributed by atoms with Crippen molar-refractivity contribution in [2.45, 2.75) is 38.1 Å². The normalized spacial score (nSPS) is 20.8. The number of carbonyl (C=O) groups is 2. The molecule has 2 saturated heterocycles. The Hall–Kier alpha value is -3.65. The second-order valence-electron chi connectivity index (χ2n) is 10.7. The Balaban J connectivity index is 1.11. The highest BCUT2D eigenvalue weighted by Gasteiger charge is 2.44. The lowest BCUT2D eigenvalue weighted by atomic mass is 9.73. The van der Waals surface area contributed by atoms with Crippen LogP contribution in [0.1, 0.15) is 36.0 Å². The van der Waals surface area contributed by atoms with Gasteiger partial charge in [0.2, 0.25) is 5.91 Å². The van der Waals surface area contributed by atoms with E-state index in [1.807, 2.05) is 30.3 Å². The maximum atomic E-state index is 13.4. The molecule has 2 fully saturated rings. The molecule has 0 bridgehead atoms. The Morgan fingerprint density at radius 2 is 1.89 bits per heavy atom. The van der Waals surface area contributed by atoms with Crippen LogP contribution in [0, 0.1) is 5.41 Å². The molecule has 3 aromatic rings. The summed E-state index contributed by atoms with van der Waals surface area (Å²) in [5, 5.41) is 7.15. The molecular weight excluding hydrogens is 466 g/mol. The van der Waals surface area contributed by atoms with Crippen LogP contribution >= 0.6 is 0 Å². The lowest BCUT2D eigenvalue weighted by Crippen LogP contribution is -2.58. The van der Waals surface area contributed by atoms with Gasteiger partial charge in [-0.25, -0.2) is 4.79 Å². The molecule has 4 heterocycles. The average Bonchev–Trinajstić information content (AvgIpc) is 3.34. The lowest BCUT2D eigenvalue weighted by Gasteiger charge is -2.53. The number of hydrogen-bond acceptors (Lipinski definition) is 5. The van der Waals surface area contributed by atoms with Gasteiger partial charge in [-0.2, -0.15) is 9.78 Å². The van der Waals surface area contributed by atoms with E-state index in [2.05, 4.69) is 33.5 Å². The molecule has 37 heavy (non-hydrogen) atoms. The molecule has 8 nitrogen and oxygen atoms in total. The van der Waals surface area contributed by atoms with Crippen molar-refractivity contribution >= 4 is 23.3 Å². The Kier molecular flexibility index (Phi) is 6.20. The zero-order valence-electron chi connectivity index (χ0n) is 21.2. The molecule has 0 aliphatic carbocycles. The molecule has 0 saturated carbocycles. The predicted octanol–water partition coefficient (Wildman–Crippen LogP) is 3.63. The Bertz CT molecular complexity index is 1290. The van der Waals surface area contributed by atoms with Gasteiger partial charge in [-0.05, 0) is 54.5 Å². The second-order valence-corrected chi connectivity index (χ2v) is 10.7. The molecule has 8 heteroatoms. The first kappa shape index (κ1) is 23.7. The Labute approximate surface area is 217 Å². The summed E-state index contributed by atoms with van der Waals surface area (Å²) in [6.45, 7) is 3.80. The SMILES string of the molecule is CN1C(=O)C(NC(=O)n2cc(Cc3ccccc3)cn2)CCc2ccc(N3CC4(CCOCC4)C3)cc21. The van der Waals surface area contributed by atoms with Gasteiger partial charge >= 0.3 is 6.03 Å². The van der Waals surface area contributed by atoms with Gasteiger partial charge in [0.1, 0.15) is 6.04 Å². The number of aromatic nitrogens is 2. The molecule has 1 unspecified atom stereocenters. The maximum Gasteiger partial charge on any atom is 0.342 e. The summed E-state index contributed by atoms with van der Waals surface area (Å²) in [5.41, 5.74) is 5.69. The van der Waals surface area contributed by atoms with Crippen LogP contribution < -0.4 is 15.1 Å². The van der Waals surface area contributed by atoms with Crippen molar-refractivity contribution in [1.82, 2.24) is 15.1 Å². The first-order valence-electron chi connectivity index (χ1n) is 13.1. The molecule has 1 aromatic heterocycles. The van der Waals surface area contributed by atoms with Crippen molar-refractivity contribution in [2.75, 3.05) is 43.2 Å². The quantitative estimate of drug-likeness (QED) is 0.593. The van der Waals surface area contributed by atoms with E-state index >= 15 is 0 Å². The molecule has 0 radical (unpaired) electrons. The van der Waals surface area contributed by atoms with E-state index in [0.717, 1.165) is 73.6 Å². The van der Waals surface area contributed by atoms with Crippen molar-refractivity contribution in [3.63, 3.8) is 0 Å². The Morgan fingerprint density at radius 3 is 2.68 bits per heavy atom. The summed E-state index contributed by atoms with van der Waals surface area (Å²) in [6.07, 6.45) is 7.64.